The molecule has 4 atom stereocenters. The largest absolute Gasteiger partial charge is 0.493 e. The zero-order valence-electron chi connectivity index (χ0n) is 23.2. The van der Waals surface area contributed by atoms with Gasteiger partial charge in [-0.1, -0.05) is 18.2 Å². The maximum atomic E-state index is 11.4. The van der Waals surface area contributed by atoms with E-state index in [1.807, 2.05) is 42.5 Å². The third kappa shape index (κ3) is 6.41. The smallest absolute Gasteiger partial charge is 0.220 e. The summed E-state index contributed by atoms with van der Waals surface area (Å²) in [6.07, 6.45) is -1.83. The monoisotopic (exact) mass is 569 g/mol. The molecule has 41 heavy (non-hydrogen) atoms. The van der Waals surface area contributed by atoms with Crippen LogP contribution in [0.2, 0.25) is 0 Å². The Morgan fingerprint density at radius 2 is 1.93 bits per heavy atom. The van der Waals surface area contributed by atoms with Crippen molar-refractivity contribution < 1.29 is 34.3 Å². The summed E-state index contributed by atoms with van der Waals surface area (Å²) >= 11 is 0. The normalized spacial score (nSPS) is 23.6. The predicted molar refractivity (Wildman–Crippen MR) is 152 cm³/mol. The number of nitrogens with two attached hydrogens (primary N) is 1. The topological polar surface area (TPSA) is 165 Å². The highest BCUT2D eigenvalue weighted by molar-refractivity contribution is 5.79. The number of anilines is 1. The molecule has 2 saturated heterocycles. The highest BCUT2D eigenvalue weighted by atomic mass is 16.6. The lowest BCUT2D eigenvalue weighted by atomic mass is 9.96. The molecule has 6 N–H and O–H groups in total. The van der Waals surface area contributed by atoms with Crippen molar-refractivity contribution >= 4 is 22.9 Å². The van der Waals surface area contributed by atoms with Gasteiger partial charge < -0.3 is 45.5 Å². The minimum atomic E-state index is -1.24. The first kappa shape index (κ1) is 29.1. The van der Waals surface area contributed by atoms with Gasteiger partial charge in [-0.15, -0.1) is 0 Å². The highest BCUT2D eigenvalue weighted by Gasteiger charge is 2.44. The zero-order valence-corrected chi connectivity index (χ0v) is 23.2. The maximum absolute atomic E-state index is 11.4. The minimum Gasteiger partial charge on any atom is -0.493 e. The quantitative estimate of drug-likeness (QED) is 0.200. The number of methoxy groups -OCH3 is 1. The van der Waals surface area contributed by atoms with Crippen molar-refractivity contribution in [2.75, 3.05) is 45.3 Å². The molecule has 0 aliphatic carbocycles. The van der Waals surface area contributed by atoms with Crippen molar-refractivity contribution in [1.29, 1.82) is 0 Å². The van der Waals surface area contributed by atoms with Crippen LogP contribution in [0.3, 0.4) is 0 Å². The molecular formula is C29H39N5O7. The number of aromatic nitrogens is 2. The lowest BCUT2D eigenvalue weighted by Gasteiger charge is -2.30. The first-order valence-corrected chi connectivity index (χ1v) is 14.0. The second-order valence-electron chi connectivity index (χ2n) is 10.6. The van der Waals surface area contributed by atoms with E-state index in [0.717, 1.165) is 50.0 Å². The van der Waals surface area contributed by atoms with Gasteiger partial charge in [-0.25, -0.2) is 4.98 Å². The molecule has 12 nitrogen and oxygen atoms in total. The van der Waals surface area contributed by atoms with Crippen molar-refractivity contribution in [2.45, 2.75) is 50.3 Å². The van der Waals surface area contributed by atoms with E-state index in [-0.39, 0.29) is 11.8 Å². The van der Waals surface area contributed by atoms with E-state index < -0.39 is 31.1 Å². The van der Waals surface area contributed by atoms with Gasteiger partial charge in [0, 0.05) is 19.0 Å². The summed E-state index contributed by atoms with van der Waals surface area (Å²) in [4.78, 5) is 18.4. The van der Waals surface area contributed by atoms with Crippen molar-refractivity contribution in [3.63, 3.8) is 0 Å². The average Bonchev–Trinajstić information content (AvgIpc) is 3.50. The second kappa shape index (κ2) is 13.0. The summed E-state index contributed by atoms with van der Waals surface area (Å²) in [5.74, 6) is 1.51. The summed E-state index contributed by atoms with van der Waals surface area (Å²) in [5.41, 5.74) is 7.78. The molecule has 2 aromatic carbocycles. The number of aliphatic hydroxyl groups is 3. The molecule has 0 spiro atoms. The van der Waals surface area contributed by atoms with Gasteiger partial charge in [0.2, 0.25) is 11.9 Å². The molecule has 0 saturated carbocycles. The van der Waals surface area contributed by atoms with Crippen LogP contribution in [0.5, 0.6) is 11.5 Å². The highest BCUT2D eigenvalue weighted by Crippen LogP contribution is 2.35. The number of rotatable bonds is 12. The van der Waals surface area contributed by atoms with Gasteiger partial charge in [0.25, 0.3) is 0 Å². The van der Waals surface area contributed by atoms with Crippen molar-refractivity contribution in [1.82, 2.24) is 14.5 Å². The number of piperidine rings is 1. The van der Waals surface area contributed by atoms with Crippen molar-refractivity contribution in [2.24, 2.45) is 11.7 Å². The van der Waals surface area contributed by atoms with E-state index in [1.54, 1.807) is 11.7 Å². The Labute approximate surface area is 238 Å². The first-order chi connectivity index (χ1) is 19.9. The lowest BCUT2D eigenvalue weighted by Crippen LogP contribution is -2.39. The number of aliphatic hydroxyl groups excluding tert-OH is 3. The Hall–Kier alpha value is -3.42. The SMILES string of the molecule is COc1ccc(CNc2nc3ccccc3n2[C@@H]2O[C@H](CO)[C@@H](O)[C@H]2O)cc1OCCCN1CCC(C(N)=O)CC1. The number of carbonyl (C=O) groups is 1. The molecule has 1 aromatic heterocycles. The van der Waals surface area contributed by atoms with Crippen LogP contribution >= 0.6 is 0 Å². The number of carbonyl (C=O) groups excluding carboxylic acids is 1. The molecule has 2 fully saturated rings. The first-order valence-electron chi connectivity index (χ1n) is 14.0. The van der Waals surface area contributed by atoms with E-state index >= 15 is 0 Å². The number of fused-ring (bicyclic) bond motifs is 1. The number of primary amides is 1. The van der Waals surface area contributed by atoms with Gasteiger partial charge in [-0.2, -0.15) is 0 Å². The van der Waals surface area contributed by atoms with Crippen LogP contribution in [0, 0.1) is 5.92 Å². The van der Waals surface area contributed by atoms with Gasteiger partial charge in [0.1, 0.15) is 18.3 Å². The number of hydrogen-bond acceptors (Lipinski definition) is 10. The maximum Gasteiger partial charge on any atom is 0.220 e. The number of para-hydroxylation sites is 2. The molecule has 2 aliphatic heterocycles. The molecule has 2 aliphatic rings. The number of benzene rings is 2. The van der Waals surface area contributed by atoms with Crippen LogP contribution in [0.15, 0.2) is 42.5 Å². The van der Waals surface area contributed by atoms with E-state index in [4.69, 9.17) is 19.9 Å². The van der Waals surface area contributed by atoms with Crippen molar-refractivity contribution in [3.05, 3.63) is 48.0 Å². The van der Waals surface area contributed by atoms with Gasteiger partial charge in [0.15, 0.2) is 17.7 Å². The van der Waals surface area contributed by atoms with Crippen LogP contribution in [-0.2, 0) is 16.1 Å². The van der Waals surface area contributed by atoms with Crippen LogP contribution in [0.4, 0.5) is 5.95 Å². The molecule has 12 heteroatoms. The number of nitrogens with one attached hydrogen (secondary N) is 1. The van der Waals surface area contributed by atoms with E-state index in [0.29, 0.717) is 36.1 Å². The number of imidazole rings is 1. The summed E-state index contributed by atoms with van der Waals surface area (Å²) in [6, 6.07) is 13.2. The fraction of sp³-hybridized carbons (Fsp3) is 0.517. The fourth-order valence-electron chi connectivity index (χ4n) is 5.56. The summed E-state index contributed by atoms with van der Waals surface area (Å²) < 4.78 is 19.1. The molecule has 0 bridgehead atoms. The molecule has 5 rings (SSSR count). The molecule has 0 unspecified atom stereocenters. The number of amides is 1. The molecule has 1 amide bonds. The Morgan fingerprint density at radius 3 is 2.63 bits per heavy atom. The van der Waals surface area contributed by atoms with Gasteiger partial charge >= 0.3 is 0 Å². The standard InChI is InChI=1S/C29H39N5O7/c1-39-22-8-7-18(15-23(22)40-14-4-11-33-12-9-19(10-13-33)27(30)38)16-31-29-32-20-5-2-3-6-21(20)34(29)28-26(37)25(36)24(17-35)41-28/h2-3,5-8,15,19,24-26,28,35-37H,4,9-14,16-17H2,1H3,(H2,30,38)(H,31,32)/t24-,25-,26-,28-/m1/s1. The lowest BCUT2D eigenvalue weighted by molar-refractivity contribution is -0.123. The summed E-state index contributed by atoms with van der Waals surface area (Å²) in [6.45, 7) is 3.12. The van der Waals surface area contributed by atoms with Gasteiger partial charge in [0.05, 0.1) is 31.4 Å². The molecular weight excluding hydrogens is 530 g/mol. The van der Waals surface area contributed by atoms with E-state index in [9.17, 15) is 20.1 Å². The minimum absolute atomic E-state index is 0.0145. The Kier molecular flexibility index (Phi) is 9.25. The van der Waals surface area contributed by atoms with Crippen molar-refractivity contribution in [3.8, 4) is 11.5 Å². The number of likely N-dealkylation sites (tertiary alicyclic amines) is 1. The number of hydrogen-bond donors (Lipinski definition) is 5. The summed E-state index contributed by atoms with van der Waals surface area (Å²) in [7, 11) is 1.60. The van der Waals surface area contributed by atoms with E-state index in [1.165, 1.54) is 0 Å². The third-order valence-electron chi connectivity index (χ3n) is 7.91. The fourth-order valence-corrected chi connectivity index (χ4v) is 5.56. The van der Waals surface area contributed by atoms with Crippen LogP contribution in [0.25, 0.3) is 11.0 Å². The molecule has 3 heterocycles. The van der Waals surface area contributed by atoms with Gasteiger partial charge in [-0.3, -0.25) is 9.36 Å². The van der Waals surface area contributed by atoms with Crippen LogP contribution in [-0.4, -0.2) is 93.9 Å². The average molecular weight is 570 g/mol. The molecule has 222 valence electrons. The van der Waals surface area contributed by atoms with Crippen LogP contribution < -0.4 is 20.5 Å². The summed E-state index contributed by atoms with van der Waals surface area (Å²) in [5, 5.41) is 33.9. The Morgan fingerprint density at radius 1 is 1.15 bits per heavy atom. The third-order valence-corrected chi connectivity index (χ3v) is 7.91. The molecule has 3 aromatic rings. The number of nitrogens with zero attached hydrogens (tertiary/aromatic N) is 3. The molecule has 0 radical (unpaired) electrons. The van der Waals surface area contributed by atoms with Crippen LogP contribution in [0.1, 0.15) is 31.1 Å². The van der Waals surface area contributed by atoms with Gasteiger partial charge in [-0.05, 0) is 62.2 Å². The Balaban J connectivity index is 1.23. The number of ether oxygens (including phenoxy) is 3. The van der Waals surface area contributed by atoms with E-state index in [2.05, 4.69) is 15.2 Å². The second-order valence-corrected chi connectivity index (χ2v) is 10.6. The predicted octanol–water partition coefficient (Wildman–Crippen LogP) is 1.23. The Bertz CT molecular complexity index is 1330. The zero-order chi connectivity index (χ0) is 28.9.